The number of nitrogens with two attached hydrogens (primary N) is 1. The van der Waals surface area contributed by atoms with Crippen LogP contribution in [-0.4, -0.2) is 22.6 Å². The van der Waals surface area contributed by atoms with Crippen molar-refractivity contribution in [2.45, 2.75) is 26.7 Å². The zero-order chi connectivity index (χ0) is 13.8. The largest absolute Gasteiger partial charge is 0.397 e. The van der Waals surface area contributed by atoms with E-state index in [1.807, 2.05) is 0 Å². The Morgan fingerprint density at radius 3 is 3.00 bits per heavy atom. The van der Waals surface area contributed by atoms with E-state index in [0.717, 1.165) is 18.2 Å². The lowest BCUT2D eigenvalue weighted by molar-refractivity contribution is 0.0957. The molecule has 0 aromatic carbocycles. The first kappa shape index (κ1) is 13.7. The van der Waals surface area contributed by atoms with Gasteiger partial charge < -0.3 is 11.1 Å². The van der Waals surface area contributed by atoms with Gasteiger partial charge in [0, 0.05) is 11.9 Å². The third-order valence-corrected chi connectivity index (χ3v) is 3.97. The number of rotatable bonds is 5. The molecule has 0 aliphatic carbocycles. The average Bonchev–Trinajstić information content (AvgIpc) is 2.72. The summed E-state index contributed by atoms with van der Waals surface area (Å²) < 4.78 is 0. The van der Waals surface area contributed by atoms with E-state index in [-0.39, 0.29) is 5.91 Å². The number of anilines is 1. The Hall–Kier alpha value is -1.69. The van der Waals surface area contributed by atoms with Gasteiger partial charge in [-0.25, -0.2) is 0 Å². The molecule has 0 radical (unpaired) electrons. The predicted molar refractivity (Wildman–Crippen MR) is 78.2 cm³/mol. The van der Waals surface area contributed by atoms with Crippen LogP contribution >= 0.6 is 11.3 Å². The summed E-state index contributed by atoms with van der Waals surface area (Å²) in [6.45, 7) is 5.02. The van der Waals surface area contributed by atoms with Crippen molar-refractivity contribution >= 4 is 33.1 Å². The highest BCUT2D eigenvalue weighted by Gasteiger charge is 2.16. The highest BCUT2D eigenvalue weighted by atomic mass is 32.1. The molecular weight excluding hydrogens is 260 g/mol. The molecule has 2 aromatic heterocycles. The second-order valence-electron chi connectivity index (χ2n) is 4.89. The molecule has 0 aliphatic rings. The number of thiophene rings is 1. The van der Waals surface area contributed by atoms with Gasteiger partial charge in [-0.1, -0.05) is 13.8 Å². The topological polar surface area (TPSA) is 80.9 Å². The Labute approximate surface area is 116 Å². The SMILES string of the molecule is CC(C)CCCNC(=O)c1sc2nnccc2c1N. The maximum Gasteiger partial charge on any atom is 0.263 e. The van der Waals surface area contributed by atoms with E-state index in [4.69, 9.17) is 5.73 Å². The summed E-state index contributed by atoms with van der Waals surface area (Å²) in [6, 6.07) is 1.78. The van der Waals surface area contributed by atoms with Crippen molar-refractivity contribution in [3.8, 4) is 0 Å². The van der Waals surface area contributed by atoms with Crippen LogP contribution in [-0.2, 0) is 0 Å². The molecule has 3 N–H and O–H groups in total. The first-order valence-electron chi connectivity index (χ1n) is 6.37. The number of nitrogens with zero attached hydrogens (tertiary/aromatic N) is 2. The van der Waals surface area contributed by atoms with Gasteiger partial charge in [-0.2, -0.15) is 5.10 Å². The number of hydrogen-bond donors (Lipinski definition) is 2. The van der Waals surface area contributed by atoms with Crippen LogP contribution in [0.5, 0.6) is 0 Å². The quantitative estimate of drug-likeness (QED) is 0.823. The first-order chi connectivity index (χ1) is 9.09. The molecule has 2 rings (SSSR count). The number of aromatic nitrogens is 2. The van der Waals surface area contributed by atoms with Gasteiger partial charge in [0.2, 0.25) is 0 Å². The fraction of sp³-hybridized carbons (Fsp3) is 0.462. The number of nitrogen functional groups attached to an aromatic ring is 1. The molecule has 102 valence electrons. The van der Waals surface area contributed by atoms with Gasteiger partial charge in [0.1, 0.15) is 9.71 Å². The second kappa shape index (κ2) is 5.97. The molecule has 0 saturated heterocycles. The highest BCUT2D eigenvalue weighted by Crippen LogP contribution is 2.31. The summed E-state index contributed by atoms with van der Waals surface area (Å²) in [5, 5.41) is 11.5. The van der Waals surface area contributed by atoms with Crippen molar-refractivity contribution in [2.75, 3.05) is 12.3 Å². The number of carbonyl (C=O) groups is 1. The molecule has 0 spiro atoms. The predicted octanol–water partition coefficient (Wildman–Crippen LogP) is 2.44. The van der Waals surface area contributed by atoms with E-state index < -0.39 is 0 Å². The minimum atomic E-state index is -0.121. The molecule has 0 unspecified atom stereocenters. The van der Waals surface area contributed by atoms with Crippen molar-refractivity contribution in [3.63, 3.8) is 0 Å². The molecule has 19 heavy (non-hydrogen) atoms. The summed E-state index contributed by atoms with van der Waals surface area (Å²) in [4.78, 5) is 13.3. The van der Waals surface area contributed by atoms with Crippen molar-refractivity contribution in [3.05, 3.63) is 17.1 Å². The number of nitrogens with one attached hydrogen (secondary N) is 1. The molecule has 1 amide bonds. The van der Waals surface area contributed by atoms with Crippen LogP contribution in [0.1, 0.15) is 36.4 Å². The van der Waals surface area contributed by atoms with Crippen LogP contribution in [0.3, 0.4) is 0 Å². The van der Waals surface area contributed by atoms with E-state index in [0.29, 0.717) is 27.9 Å². The van der Waals surface area contributed by atoms with Gasteiger partial charge in [0.05, 0.1) is 11.9 Å². The average molecular weight is 278 g/mol. The molecule has 0 atom stereocenters. The second-order valence-corrected chi connectivity index (χ2v) is 5.89. The van der Waals surface area contributed by atoms with Crippen LogP contribution in [0.4, 0.5) is 5.69 Å². The third kappa shape index (κ3) is 3.20. The number of fused-ring (bicyclic) bond motifs is 1. The van der Waals surface area contributed by atoms with E-state index in [1.54, 1.807) is 12.3 Å². The number of hydrogen-bond acceptors (Lipinski definition) is 5. The third-order valence-electron chi connectivity index (χ3n) is 2.87. The maximum atomic E-state index is 12.1. The van der Waals surface area contributed by atoms with Gasteiger partial charge in [-0.15, -0.1) is 16.4 Å². The molecule has 0 saturated carbocycles. The zero-order valence-electron chi connectivity index (χ0n) is 11.1. The zero-order valence-corrected chi connectivity index (χ0v) is 12.0. The van der Waals surface area contributed by atoms with Gasteiger partial charge in [0.25, 0.3) is 5.91 Å². The Kier molecular flexibility index (Phi) is 4.31. The van der Waals surface area contributed by atoms with E-state index >= 15 is 0 Å². The first-order valence-corrected chi connectivity index (χ1v) is 7.19. The minimum Gasteiger partial charge on any atom is -0.397 e. The lowest BCUT2D eigenvalue weighted by Gasteiger charge is -2.06. The van der Waals surface area contributed by atoms with Crippen LogP contribution in [0.25, 0.3) is 10.2 Å². The fourth-order valence-corrected chi connectivity index (χ4v) is 2.79. The van der Waals surface area contributed by atoms with E-state index in [1.165, 1.54) is 11.3 Å². The van der Waals surface area contributed by atoms with Gasteiger partial charge >= 0.3 is 0 Å². The van der Waals surface area contributed by atoms with Crippen LogP contribution in [0.15, 0.2) is 12.3 Å². The van der Waals surface area contributed by atoms with Crippen molar-refractivity contribution in [2.24, 2.45) is 5.92 Å². The van der Waals surface area contributed by atoms with Crippen molar-refractivity contribution in [1.29, 1.82) is 0 Å². The lowest BCUT2D eigenvalue weighted by atomic mass is 10.1. The standard InChI is InChI=1S/C13H18N4OS/c1-8(2)4-3-6-15-12(18)11-10(14)9-5-7-16-17-13(9)19-11/h5,7-8H,3-4,6,14H2,1-2H3,(H,15,18). The Morgan fingerprint density at radius 1 is 1.53 bits per heavy atom. The van der Waals surface area contributed by atoms with E-state index in [2.05, 4.69) is 29.4 Å². The molecule has 5 nitrogen and oxygen atoms in total. The summed E-state index contributed by atoms with van der Waals surface area (Å²) in [5.74, 6) is 0.533. The Balaban J connectivity index is 2.03. The molecule has 6 heteroatoms. The van der Waals surface area contributed by atoms with Crippen LogP contribution < -0.4 is 11.1 Å². The van der Waals surface area contributed by atoms with Crippen molar-refractivity contribution in [1.82, 2.24) is 15.5 Å². The maximum absolute atomic E-state index is 12.1. The van der Waals surface area contributed by atoms with Gasteiger partial charge in [0.15, 0.2) is 0 Å². The molecule has 2 heterocycles. The molecular formula is C13H18N4OS. The van der Waals surface area contributed by atoms with Crippen LogP contribution in [0, 0.1) is 5.92 Å². The number of amides is 1. The smallest absolute Gasteiger partial charge is 0.263 e. The fourth-order valence-electron chi connectivity index (χ4n) is 1.83. The molecule has 0 fully saturated rings. The summed E-state index contributed by atoms with van der Waals surface area (Å²) >= 11 is 1.29. The summed E-state index contributed by atoms with van der Waals surface area (Å²) in [6.07, 6.45) is 3.66. The monoisotopic (exact) mass is 278 g/mol. The van der Waals surface area contributed by atoms with Gasteiger partial charge in [-0.05, 0) is 24.8 Å². The lowest BCUT2D eigenvalue weighted by Crippen LogP contribution is -2.24. The summed E-state index contributed by atoms with van der Waals surface area (Å²) in [7, 11) is 0. The van der Waals surface area contributed by atoms with E-state index in [9.17, 15) is 4.79 Å². The normalized spacial score (nSPS) is 11.1. The van der Waals surface area contributed by atoms with Gasteiger partial charge in [-0.3, -0.25) is 4.79 Å². The Bertz CT molecular complexity index is 579. The summed E-state index contributed by atoms with van der Waals surface area (Å²) in [5.41, 5.74) is 6.47. The van der Waals surface area contributed by atoms with Crippen molar-refractivity contribution < 1.29 is 4.79 Å². The number of carbonyl (C=O) groups excluding carboxylic acids is 1. The Morgan fingerprint density at radius 2 is 2.32 bits per heavy atom. The highest BCUT2D eigenvalue weighted by molar-refractivity contribution is 7.21. The molecule has 0 aliphatic heterocycles. The molecule has 2 aromatic rings. The van der Waals surface area contributed by atoms with Crippen LogP contribution in [0.2, 0.25) is 0 Å². The minimum absolute atomic E-state index is 0.121. The molecule has 0 bridgehead atoms.